The first-order valence-electron chi connectivity index (χ1n) is 7.22. The average molecular weight is 329 g/mol. The van der Waals surface area contributed by atoms with E-state index in [4.69, 9.17) is 16.3 Å². The number of rotatable bonds is 3. The lowest BCUT2D eigenvalue weighted by atomic mass is 10.1. The number of ether oxygens (including phenoxy) is 1. The molecule has 3 aromatic rings. The molecule has 1 N–H and O–H groups in total. The lowest BCUT2D eigenvalue weighted by molar-refractivity contribution is -0.127. The van der Waals surface area contributed by atoms with Gasteiger partial charge in [-0.2, -0.15) is 0 Å². The van der Waals surface area contributed by atoms with Gasteiger partial charge in [0.1, 0.15) is 5.75 Å². The van der Waals surface area contributed by atoms with Crippen LogP contribution < -0.4 is 10.1 Å². The van der Waals surface area contributed by atoms with Crippen LogP contribution in [0.4, 0.5) is 0 Å². The molecule has 1 unspecified atom stereocenters. The molecule has 1 aliphatic heterocycles. The number of halogens is 1. The number of hydrogen-bond donors (Lipinski definition) is 1. The molecule has 3 heterocycles. The Morgan fingerprint density at radius 2 is 2.26 bits per heavy atom. The van der Waals surface area contributed by atoms with Crippen molar-refractivity contribution >= 4 is 23.2 Å². The van der Waals surface area contributed by atoms with E-state index in [1.54, 1.807) is 12.1 Å². The summed E-state index contributed by atoms with van der Waals surface area (Å²) in [5, 5.41) is 11.6. The van der Waals surface area contributed by atoms with Gasteiger partial charge in [0.15, 0.2) is 17.6 Å². The molecule has 0 aliphatic carbocycles. The molecule has 0 saturated carbocycles. The Hall–Kier alpha value is -2.60. The van der Waals surface area contributed by atoms with E-state index in [-0.39, 0.29) is 5.91 Å². The Kier molecular flexibility index (Phi) is 3.38. The second-order valence-corrected chi connectivity index (χ2v) is 5.76. The molecule has 6 nitrogen and oxygen atoms in total. The molecule has 0 saturated heterocycles. The molecule has 2 aromatic heterocycles. The van der Waals surface area contributed by atoms with Crippen molar-refractivity contribution in [1.82, 2.24) is 19.9 Å². The number of benzene rings is 1. The predicted octanol–water partition coefficient (Wildman–Crippen LogP) is 2.00. The molecule has 0 fully saturated rings. The van der Waals surface area contributed by atoms with Crippen LogP contribution in [0, 0.1) is 0 Å². The van der Waals surface area contributed by atoms with Gasteiger partial charge in [-0.05, 0) is 35.9 Å². The summed E-state index contributed by atoms with van der Waals surface area (Å²) in [7, 11) is 0. The van der Waals surface area contributed by atoms with E-state index in [2.05, 4.69) is 15.5 Å². The largest absolute Gasteiger partial charge is 0.480 e. The summed E-state index contributed by atoms with van der Waals surface area (Å²) in [5.74, 6) is 1.21. The van der Waals surface area contributed by atoms with Crippen LogP contribution in [-0.4, -0.2) is 26.6 Å². The Balaban J connectivity index is 1.43. The van der Waals surface area contributed by atoms with Gasteiger partial charge in [-0.1, -0.05) is 17.7 Å². The van der Waals surface area contributed by atoms with Gasteiger partial charge < -0.3 is 10.1 Å². The molecule has 7 heteroatoms. The van der Waals surface area contributed by atoms with Gasteiger partial charge in [0.2, 0.25) is 0 Å². The Bertz CT molecular complexity index is 893. The topological polar surface area (TPSA) is 68.5 Å². The number of pyridine rings is 1. The molecule has 0 bridgehead atoms. The van der Waals surface area contributed by atoms with E-state index < -0.39 is 6.10 Å². The number of nitrogens with zero attached hydrogens (tertiary/aromatic N) is 3. The summed E-state index contributed by atoms with van der Waals surface area (Å²) in [6.45, 7) is 0.293. The zero-order chi connectivity index (χ0) is 15.8. The van der Waals surface area contributed by atoms with Gasteiger partial charge in [0.05, 0.1) is 6.54 Å². The van der Waals surface area contributed by atoms with Crippen molar-refractivity contribution in [3.8, 4) is 5.75 Å². The standard InChI is InChI=1S/C16H13ClN4O2/c17-11-4-5-12-10(7-11)8-13(23-12)16(22)18-9-15-20-19-14-3-1-2-6-21(14)15/h1-7,13H,8-9H2,(H,18,22). The summed E-state index contributed by atoms with van der Waals surface area (Å²) in [4.78, 5) is 12.3. The van der Waals surface area contributed by atoms with Gasteiger partial charge in [-0.15, -0.1) is 10.2 Å². The van der Waals surface area contributed by atoms with Crippen molar-refractivity contribution in [3.63, 3.8) is 0 Å². The normalized spacial score (nSPS) is 16.1. The van der Waals surface area contributed by atoms with Crippen LogP contribution in [0.3, 0.4) is 0 Å². The van der Waals surface area contributed by atoms with E-state index in [0.29, 0.717) is 29.6 Å². The van der Waals surface area contributed by atoms with Crippen LogP contribution in [0.25, 0.3) is 5.65 Å². The summed E-state index contributed by atoms with van der Waals surface area (Å²) < 4.78 is 7.51. The molecular weight excluding hydrogens is 316 g/mol. The number of aromatic nitrogens is 3. The maximum atomic E-state index is 12.3. The predicted molar refractivity (Wildman–Crippen MR) is 84.4 cm³/mol. The van der Waals surface area contributed by atoms with Crippen LogP contribution in [0.1, 0.15) is 11.4 Å². The van der Waals surface area contributed by atoms with Crippen molar-refractivity contribution in [2.75, 3.05) is 0 Å². The van der Waals surface area contributed by atoms with Gasteiger partial charge in [-0.3, -0.25) is 9.20 Å². The average Bonchev–Trinajstić information content (AvgIpc) is 3.16. The fourth-order valence-corrected chi connectivity index (χ4v) is 2.85. The summed E-state index contributed by atoms with van der Waals surface area (Å²) in [6.07, 6.45) is 1.84. The van der Waals surface area contributed by atoms with E-state index in [1.165, 1.54) is 0 Å². The Morgan fingerprint density at radius 1 is 1.35 bits per heavy atom. The maximum Gasteiger partial charge on any atom is 0.261 e. The van der Waals surface area contributed by atoms with Crippen molar-refractivity contribution in [2.24, 2.45) is 0 Å². The smallest absolute Gasteiger partial charge is 0.261 e. The summed E-state index contributed by atoms with van der Waals surface area (Å²) >= 11 is 5.96. The molecule has 1 aromatic carbocycles. The molecule has 4 rings (SSSR count). The minimum atomic E-state index is -0.539. The molecule has 1 aliphatic rings. The highest BCUT2D eigenvalue weighted by atomic mass is 35.5. The van der Waals surface area contributed by atoms with E-state index >= 15 is 0 Å². The second kappa shape index (κ2) is 5.55. The van der Waals surface area contributed by atoms with E-state index in [9.17, 15) is 4.79 Å². The number of carbonyl (C=O) groups is 1. The lowest BCUT2D eigenvalue weighted by Crippen LogP contribution is -2.37. The number of amides is 1. The minimum Gasteiger partial charge on any atom is -0.480 e. The molecular formula is C16H13ClN4O2. The van der Waals surface area contributed by atoms with Crippen molar-refractivity contribution in [3.05, 3.63) is 59.0 Å². The third-order valence-electron chi connectivity index (χ3n) is 3.79. The summed E-state index contributed by atoms with van der Waals surface area (Å²) in [5.41, 5.74) is 1.70. The van der Waals surface area contributed by atoms with Gasteiger partial charge >= 0.3 is 0 Å². The molecule has 0 radical (unpaired) electrons. The van der Waals surface area contributed by atoms with Crippen LogP contribution in [0.2, 0.25) is 5.02 Å². The third kappa shape index (κ3) is 2.61. The van der Waals surface area contributed by atoms with Crippen molar-refractivity contribution in [2.45, 2.75) is 19.1 Å². The summed E-state index contributed by atoms with van der Waals surface area (Å²) in [6, 6.07) is 11.0. The number of nitrogens with one attached hydrogen (secondary N) is 1. The lowest BCUT2D eigenvalue weighted by Gasteiger charge is -2.10. The first kappa shape index (κ1) is 14.0. The number of fused-ring (bicyclic) bond motifs is 2. The van der Waals surface area contributed by atoms with Crippen molar-refractivity contribution in [1.29, 1.82) is 0 Å². The van der Waals surface area contributed by atoms with Crippen LogP contribution in [0.5, 0.6) is 5.75 Å². The Labute approximate surface area is 137 Å². The molecule has 1 atom stereocenters. The number of carbonyl (C=O) groups excluding carboxylic acids is 1. The minimum absolute atomic E-state index is 0.176. The quantitative estimate of drug-likeness (QED) is 0.798. The zero-order valence-electron chi connectivity index (χ0n) is 12.1. The van der Waals surface area contributed by atoms with Crippen LogP contribution in [-0.2, 0) is 17.8 Å². The zero-order valence-corrected chi connectivity index (χ0v) is 12.8. The third-order valence-corrected chi connectivity index (χ3v) is 4.03. The molecule has 1 amide bonds. The highest BCUT2D eigenvalue weighted by Crippen LogP contribution is 2.31. The number of hydrogen-bond acceptors (Lipinski definition) is 4. The molecule has 116 valence electrons. The van der Waals surface area contributed by atoms with Gasteiger partial charge in [0, 0.05) is 17.6 Å². The van der Waals surface area contributed by atoms with Gasteiger partial charge in [0.25, 0.3) is 5.91 Å². The monoisotopic (exact) mass is 328 g/mol. The van der Waals surface area contributed by atoms with Crippen LogP contribution in [0.15, 0.2) is 42.6 Å². The van der Waals surface area contributed by atoms with Gasteiger partial charge in [-0.25, -0.2) is 0 Å². The fourth-order valence-electron chi connectivity index (χ4n) is 2.65. The highest BCUT2D eigenvalue weighted by Gasteiger charge is 2.29. The first-order chi connectivity index (χ1) is 11.2. The molecule has 23 heavy (non-hydrogen) atoms. The SMILES string of the molecule is O=C(NCc1nnc2ccccn12)C1Cc2cc(Cl)ccc2O1. The fraction of sp³-hybridized carbons (Fsp3) is 0.188. The van der Waals surface area contributed by atoms with Crippen molar-refractivity contribution < 1.29 is 9.53 Å². The maximum absolute atomic E-state index is 12.3. The second-order valence-electron chi connectivity index (χ2n) is 5.33. The molecule has 0 spiro atoms. The van der Waals surface area contributed by atoms with E-state index in [1.807, 2.05) is 34.9 Å². The first-order valence-corrected chi connectivity index (χ1v) is 7.60. The van der Waals surface area contributed by atoms with E-state index in [0.717, 1.165) is 11.2 Å². The highest BCUT2D eigenvalue weighted by molar-refractivity contribution is 6.30. The Morgan fingerprint density at radius 3 is 3.17 bits per heavy atom. The van der Waals surface area contributed by atoms with Crippen LogP contribution >= 0.6 is 11.6 Å².